The molecular formula is C19H21N5O2S. The van der Waals surface area contributed by atoms with Crippen LogP contribution in [-0.2, 0) is 10.0 Å². The molecule has 27 heavy (non-hydrogen) atoms. The van der Waals surface area contributed by atoms with Crippen LogP contribution < -0.4 is 4.90 Å². The van der Waals surface area contributed by atoms with Gasteiger partial charge in [0, 0.05) is 44.8 Å². The Kier molecular flexibility index (Phi) is 4.81. The summed E-state index contributed by atoms with van der Waals surface area (Å²) in [6, 6.07) is 9.45. The first-order chi connectivity index (χ1) is 13.1. The highest BCUT2D eigenvalue weighted by Gasteiger charge is 2.42. The summed E-state index contributed by atoms with van der Waals surface area (Å²) < 4.78 is 27.5. The van der Waals surface area contributed by atoms with Gasteiger partial charge in [0.05, 0.1) is 11.6 Å². The van der Waals surface area contributed by atoms with Crippen LogP contribution in [0, 0.1) is 11.3 Å². The second-order valence-electron chi connectivity index (χ2n) is 7.04. The maximum Gasteiger partial charge on any atom is 0.220 e. The van der Waals surface area contributed by atoms with Crippen molar-refractivity contribution in [2.45, 2.75) is 24.0 Å². The third-order valence-corrected chi connectivity index (χ3v) is 7.68. The first-order valence-electron chi connectivity index (χ1n) is 9.08. The Balaban J connectivity index is 1.36. The minimum Gasteiger partial charge on any atom is -0.354 e. The highest BCUT2D eigenvalue weighted by atomic mass is 32.2. The second kappa shape index (κ2) is 7.25. The van der Waals surface area contributed by atoms with Crippen molar-refractivity contribution in [3.05, 3.63) is 54.0 Å². The Morgan fingerprint density at radius 2 is 1.78 bits per heavy atom. The summed E-state index contributed by atoms with van der Waals surface area (Å²) in [7, 11) is -3.30. The minimum atomic E-state index is -3.30. The number of piperidine rings is 1. The van der Waals surface area contributed by atoms with E-state index in [1.807, 2.05) is 17.0 Å². The van der Waals surface area contributed by atoms with Gasteiger partial charge in [-0.1, -0.05) is 0 Å². The first kappa shape index (κ1) is 17.9. The van der Waals surface area contributed by atoms with E-state index >= 15 is 0 Å². The molecule has 0 bridgehead atoms. The number of nitrogens with zero attached hydrogens (tertiary/aromatic N) is 5. The van der Waals surface area contributed by atoms with Crippen molar-refractivity contribution in [1.82, 2.24) is 14.3 Å². The molecule has 2 saturated heterocycles. The lowest BCUT2D eigenvalue weighted by Gasteiger charge is -2.43. The maximum absolute atomic E-state index is 12.9. The fraction of sp³-hybridized carbons (Fsp3) is 0.421. The molecule has 0 saturated carbocycles. The zero-order valence-electron chi connectivity index (χ0n) is 14.9. The van der Waals surface area contributed by atoms with Crippen molar-refractivity contribution < 1.29 is 8.42 Å². The summed E-state index contributed by atoms with van der Waals surface area (Å²) in [5.74, 6) is 1.06. The fourth-order valence-corrected chi connectivity index (χ4v) is 5.64. The van der Waals surface area contributed by atoms with Crippen molar-refractivity contribution in [1.29, 1.82) is 5.26 Å². The van der Waals surface area contributed by atoms with E-state index < -0.39 is 15.3 Å². The Morgan fingerprint density at radius 1 is 1.07 bits per heavy atom. The van der Waals surface area contributed by atoms with E-state index in [1.165, 1.54) is 5.56 Å². The van der Waals surface area contributed by atoms with Crippen LogP contribution >= 0.6 is 0 Å². The van der Waals surface area contributed by atoms with Crippen LogP contribution in [0.25, 0.3) is 0 Å². The molecule has 4 heterocycles. The quantitative estimate of drug-likeness (QED) is 0.799. The standard InChI is InChI=1S/C19H21N5O2S/c20-12-15-1-8-22-19(11-15)23-13-18(14-23)27(25,26)24-9-4-17(5-10-24)16-2-6-21-7-3-16/h1-3,6-8,11,17-18H,4-5,9-10,13-14H2. The van der Waals surface area contributed by atoms with Crippen LogP contribution in [-0.4, -0.2) is 54.1 Å². The van der Waals surface area contributed by atoms with Gasteiger partial charge in [-0.25, -0.2) is 17.7 Å². The molecule has 7 nitrogen and oxygen atoms in total. The number of pyridine rings is 2. The molecule has 8 heteroatoms. The van der Waals surface area contributed by atoms with Crippen LogP contribution in [0.2, 0.25) is 0 Å². The Bertz CT molecular complexity index is 944. The van der Waals surface area contributed by atoms with Gasteiger partial charge in [-0.15, -0.1) is 0 Å². The zero-order chi connectivity index (χ0) is 18.9. The van der Waals surface area contributed by atoms with Gasteiger partial charge in [0.15, 0.2) is 0 Å². The molecule has 2 aliphatic heterocycles. The number of anilines is 1. The van der Waals surface area contributed by atoms with Crippen LogP contribution in [0.4, 0.5) is 5.82 Å². The molecule has 140 valence electrons. The molecule has 2 aromatic heterocycles. The monoisotopic (exact) mass is 383 g/mol. The van der Waals surface area contributed by atoms with E-state index in [4.69, 9.17) is 5.26 Å². The van der Waals surface area contributed by atoms with Gasteiger partial charge in [0.2, 0.25) is 10.0 Å². The highest BCUT2D eigenvalue weighted by molar-refractivity contribution is 7.89. The summed E-state index contributed by atoms with van der Waals surface area (Å²) in [6.45, 7) is 1.98. The Hall–Kier alpha value is -2.50. The third kappa shape index (κ3) is 3.53. The first-order valence-corrected chi connectivity index (χ1v) is 10.6. The normalized spacial score (nSPS) is 19.4. The number of rotatable bonds is 4. The predicted molar refractivity (Wildman–Crippen MR) is 102 cm³/mol. The lowest BCUT2D eigenvalue weighted by atomic mass is 9.91. The minimum absolute atomic E-state index is 0.398. The average molecular weight is 383 g/mol. The molecule has 0 spiro atoms. The van der Waals surface area contributed by atoms with Crippen molar-refractivity contribution in [3.8, 4) is 6.07 Å². The number of nitriles is 1. The van der Waals surface area contributed by atoms with E-state index in [0.717, 1.165) is 12.8 Å². The van der Waals surface area contributed by atoms with E-state index in [-0.39, 0.29) is 0 Å². The fourth-order valence-electron chi connectivity index (χ4n) is 3.76. The average Bonchev–Trinajstić information content (AvgIpc) is 2.67. The van der Waals surface area contributed by atoms with Gasteiger partial charge in [-0.05, 0) is 48.6 Å². The molecule has 4 rings (SSSR count). The topological polar surface area (TPSA) is 90.2 Å². The summed E-state index contributed by atoms with van der Waals surface area (Å²) in [4.78, 5) is 10.2. The molecule has 0 aliphatic carbocycles. The molecule has 0 unspecified atom stereocenters. The molecule has 0 N–H and O–H groups in total. The molecule has 2 aliphatic rings. The van der Waals surface area contributed by atoms with Gasteiger partial charge >= 0.3 is 0 Å². The number of sulfonamides is 1. The molecule has 0 amide bonds. The molecule has 0 atom stereocenters. The molecule has 0 radical (unpaired) electrons. The van der Waals surface area contributed by atoms with Gasteiger partial charge in [-0.3, -0.25) is 4.98 Å². The van der Waals surface area contributed by atoms with E-state index in [2.05, 4.69) is 16.0 Å². The lowest BCUT2D eigenvalue weighted by Crippen LogP contribution is -2.59. The van der Waals surface area contributed by atoms with Gasteiger partial charge in [0.25, 0.3) is 0 Å². The molecule has 2 aromatic rings. The summed E-state index contributed by atoms with van der Waals surface area (Å²) in [5.41, 5.74) is 1.77. The van der Waals surface area contributed by atoms with Crippen LogP contribution in [0.3, 0.4) is 0 Å². The number of hydrogen-bond acceptors (Lipinski definition) is 6. The number of hydrogen-bond donors (Lipinski definition) is 0. The summed E-state index contributed by atoms with van der Waals surface area (Å²) >= 11 is 0. The largest absolute Gasteiger partial charge is 0.354 e. The lowest BCUT2D eigenvalue weighted by molar-refractivity contribution is 0.313. The molecule has 2 fully saturated rings. The SMILES string of the molecule is N#Cc1ccnc(N2CC(S(=O)(=O)N3CCC(c4ccncc4)CC3)C2)c1. The predicted octanol–water partition coefficient (Wildman–Crippen LogP) is 1.75. The molecule has 0 aromatic carbocycles. The van der Waals surface area contributed by atoms with E-state index in [0.29, 0.717) is 43.5 Å². The second-order valence-corrected chi connectivity index (χ2v) is 9.25. The van der Waals surface area contributed by atoms with Gasteiger partial charge < -0.3 is 4.90 Å². The molecular weight excluding hydrogens is 362 g/mol. The summed E-state index contributed by atoms with van der Waals surface area (Å²) in [5, 5.41) is 8.59. The highest BCUT2D eigenvalue weighted by Crippen LogP contribution is 2.31. The van der Waals surface area contributed by atoms with Gasteiger partial charge in [-0.2, -0.15) is 5.26 Å². The zero-order valence-corrected chi connectivity index (χ0v) is 15.7. The maximum atomic E-state index is 12.9. The Morgan fingerprint density at radius 3 is 2.44 bits per heavy atom. The summed E-state index contributed by atoms with van der Waals surface area (Å²) in [6.07, 6.45) is 6.84. The van der Waals surface area contributed by atoms with E-state index in [1.54, 1.807) is 35.0 Å². The van der Waals surface area contributed by atoms with Crippen LogP contribution in [0.15, 0.2) is 42.9 Å². The van der Waals surface area contributed by atoms with E-state index in [9.17, 15) is 8.42 Å². The van der Waals surface area contributed by atoms with Crippen molar-refractivity contribution in [2.75, 3.05) is 31.1 Å². The van der Waals surface area contributed by atoms with Crippen molar-refractivity contribution >= 4 is 15.8 Å². The Labute approximate surface area is 159 Å². The third-order valence-electron chi connectivity index (χ3n) is 5.46. The smallest absolute Gasteiger partial charge is 0.220 e. The van der Waals surface area contributed by atoms with Crippen molar-refractivity contribution in [3.63, 3.8) is 0 Å². The van der Waals surface area contributed by atoms with Gasteiger partial charge in [0.1, 0.15) is 11.1 Å². The van der Waals surface area contributed by atoms with Crippen LogP contribution in [0.5, 0.6) is 0 Å². The number of aromatic nitrogens is 2. The van der Waals surface area contributed by atoms with Crippen LogP contribution in [0.1, 0.15) is 29.9 Å². The van der Waals surface area contributed by atoms with Crippen molar-refractivity contribution in [2.24, 2.45) is 0 Å².